The molecule has 0 aliphatic heterocycles. The minimum absolute atomic E-state index is 0.153. The first-order valence-electron chi connectivity index (χ1n) is 9.13. The van der Waals surface area contributed by atoms with Crippen LogP contribution in [0.3, 0.4) is 0 Å². The maximum Gasteiger partial charge on any atom is 0.250 e. The minimum atomic E-state index is -0.153. The predicted octanol–water partition coefficient (Wildman–Crippen LogP) is 6.44. The molecule has 4 nitrogen and oxygen atoms in total. The largest absolute Gasteiger partial charge is 0.316 e. The fourth-order valence-corrected chi connectivity index (χ4v) is 4.40. The zero-order chi connectivity index (χ0) is 21.7. The molecule has 0 atom stereocenters. The molecule has 156 valence electrons. The molecule has 1 amide bonds. The molecule has 1 heterocycles. The number of aromatic nitrogens is 1. The van der Waals surface area contributed by atoms with E-state index in [1.807, 2.05) is 54.8 Å². The molecule has 3 aromatic rings. The summed E-state index contributed by atoms with van der Waals surface area (Å²) in [7, 11) is 0. The van der Waals surface area contributed by atoms with Crippen LogP contribution in [0.4, 0.5) is 0 Å². The van der Waals surface area contributed by atoms with Crippen molar-refractivity contribution in [2.45, 2.75) is 19.6 Å². The van der Waals surface area contributed by atoms with Crippen LogP contribution in [-0.2, 0) is 10.5 Å². The first-order valence-corrected chi connectivity index (χ1v) is 11.4. The Morgan fingerprint density at radius 2 is 1.77 bits per heavy atom. The zero-order valence-corrected chi connectivity index (χ0v) is 19.5. The number of rotatable bonds is 7. The summed E-state index contributed by atoms with van der Waals surface area (Å²) >= 11 is 19.8. The minimum Gasteiger partial charge on any atom is -0.316 e. The lowest BCUT2D eigenvalue weighted by Crippen LogP contribution is -2.19. The van der Waals surface area contributed by atoms with Gasteiger partial charge in [0.05, 0.1) is 22.7 Å². The van der Waals surface area contributed by atoms with Crippen LogP contribution in [0.25, 0.3) is 5.69 Å². The van der Waals surface area contributed by atoms with Gasteiger partial charge in [-0.25, -0.2) is 5.43 Å². The Hall–Kier alpha value is -1.92. The third kappa shape index (κ3) is 5.82. The molecule has 30 heavy (non-hydrogen) atoms. The molecular weight excluding hydrogens is 461 g/mol. The van der Waals surface area contributed by atoms with E-state index in [1.165, 1.54) is 11.8 Å². The van der Waals surface area contributed by atoms with E-state index >= 15 is 0 Å². The number of nitrogens with zero attached hydrogens (tertiary/aromatic N) is 2. The number of nitrogens with one attached hydrogen (secondary N) is 1. The van der Waals surface area contributed by atoms with Gasteiger partial charge in [0.1, 0.15) is 0 Å². The third-order valence-corrected chi connectivity index (χ3v) is 6.22. The molecule has 0 saturated carbocycles. The van der Waals surface area contributed by atoms with Gasteiger partial charge in [-0.3, -0.25) is 4.79 Å². The molecule has 0 bridgehead atoms. The highest BCUT2D eigenvalue weighted by Crippen LogP contribution is 2.28. The Bertz CT molecular complexity index is 1080. The summed E-state index contributed by atoms with van der Waals surface area (Å²) in [5, 5.41) is 5.96. The van der Waals surface area contributed by atoms with Crippen LogP contribution < -0.4 is 5.43 Å². The van der Waals surface area contributed by atoms with Gasteiger partial charge in [0.2, 0.25) is 5.91 Å². The standard InChI is InChI=1S/C22H20Cl3N3OS/c1-14-9-17(15(2)28(14)21-8-7-19(24)10-20(21)25)11-26-27-22(29)13-30-12-16-3-5-18(23)6-4-16/h3-11H,12-13H2,1-2H3,(H,27,29)/b26-11+. The number of amides is 1. The molecule has 2 aromatic carbocycles. The van der Waals surface area contributed by atoms with Crippen molar-refractivity contribution in [1.29, 1.82) is 0 Å². The van der Waals surface area contributed by atoms with E-state index in [9.17, 15) is 4.79 Å². The molecule has 0 aliphatic rings. The SMILES string of the molecule is Cc1cc(/C=N/NC(=O)CSCc2ccc(Cl)cc2)c(C)n1-c1ccc(Cl)cc1Cl. The van der Waals surface area contributed by atoms with Crippen molar-refractivity contribution >= 4 is 58.7 Å². The van der Waals surface area contributed by atoms with Crippen LogP contribution in [0.2, 0.25) is 15.1 Å². The van der Waals surface area contributed by atoms with Crippen LogP contribution in [0.5, 0.6) is 0 Å². The fraction of sp³-hybridized carbons (Fsp3) is 0.182. The molecular formula is C22H20Cl3N3OS. The molecule has 1 aromatic heterocycles. The quantitative estimate of drug-likeness (QED) is 0.312. The number of hydrogen-bond acceptors (Lipinski definition) is 3. The molecule has 0 radical (unpaired) electrons. The van der Waals surface area contributed by atoms with Crippen LogP contribution >= 0.6 is 46.6 Å². The number of thioether (sulfide) groups is 1. The van der Waals surface area contributed by atoms with Gasteiger partial charge >= 0.3 is 0 Å². The van der Waals surface area contributed by atoms with Crippen molar-refractivity contribution in [3.63, 3.8) is 0 Å². The summed E-state index contributed by atoms with van der Waals surface area (Å²) in [5.41, 5.74) is 7.41. The summed E-state index contributed by atoms with van der Waals surface area (Å²) < 4.78 is 2.03. The van der Waals surface area contributed by atoms with Gasteiger partial charge in [0, 0.05) is 32.7 Å². The van der Waals surface area contributed by atoms with Crippen LogP contribution in [0.1, 0.15) is 22.5 Å². The Balaban J connectivity index is 1.58. The van der Waals surface area contributed by atoms with Crippen molar-refractivity contribution in [3.05, 3.63) is 86.1 Å². The van der Waals surface area contributed by atoms with Gasteiger partial charge in [-0.2, -0.15) is 5.10 Å². The van der Waals surface area contributed by atoms with Crippen molar-refractivity contribution in [2.24, 2.45) is 5.10 Å². The van der Waals surface area contributed by atoms with E-state index in [4.69, 9.17) is 34.8 Å². The number of carbonyl (C=O) groups is 1. The van der Waals surface area contributed by atoms with E-state index < -0.39 is 0 Å². The van der Waals surface area contributed by atoms with E-state index in [0.29, 0.717) is 20.8 Å². The second-order valence-electron chi connectivity index (χ2n) is 6.67. The average Bonchev–Trinajstić information content (AvgIpc) is 2.97. The van der Waals surface area contributed by atoms with Crippen molar-refractivity contribution < 1.29 is 4.79 Å². The van der Waals surface area contributed by atoms with E-state index in [1.54, 1.807) is 18.3 Å². The first-order chi connectivity index (χ1) is 14.3. The molecule has 0 spiro atoms. The highest BCUT2D eigenvalue weighted by atomic mass is 35.5. The van der Waals surface area contributed by atoms with Gasteiger partial charge in [0.25, 0.3) is 0 Å². The molecule has 1 N–H and O–H groups in total. The average molecular weight is 481 g/mol. The monoisotopic (exact) mass is 479 g/mol. The molecule has 8 heteroatoms. The van der Waals surface area contributed by atoms with E-state index in [-0.39, 0.29) is 5.91 Å². The summed E-state index contributed by atoms with van der Waals surface area (Å²) in [6.45, 7) is 3.96. The smallest absolute Gasteiger partial charge is 0.250 e. The second kappa shape index (κ2) is 10.4. The van der Waals surface area contributed by atoms with Gasteiger partial charge in [-0.1, -0.05) is 46.9 Å². The van der Waals surface area contributed by atoms with Crippen molar-refractivity contribution in [3.8, 4) is 5.69 Å². The number of hydrogen-bond donors (Lipinski definition) is 1. The summed E-state index contributed by atoms with van der Waals surface area (Å²) in [4.78, 5) is 12.0. The Morgan fingerprint density at radius 1 is 1.07 bits per heavy atom. The second-order valence-corrected chi connectivity index (χ2v) is 8.94. The Kier molecular flexibility index (Phi) is 7.89. The van der Waals surface area contributed by atoms with E-state index in [0.717, 1.165) is 34.0 Å². The Morgan fingerprint density at radius 3 is 2.47 bits per heavy atom. The number of aryl methyl sites for hydroxylation is 1. The lowest BCUT2D eigenvalue weighted by Gasteiger charge is -2.11. The number of halogens is 3. The Labute approximate surface area is 195 Å². The lowest BCUT2D eigenvalue weighted by molar-refractivity contribution is -0.118. The van der Waals surface area contributed by atoms with Crippen LogP contribution in [-0.4, -0.2) is 22.4 Å². The first kappa shape index (κ1) is 22.8. The maximum absolute atomic E-state index is 12.0. The van der Waals surface area contributed by atoms with E-state index in [2.05, 4.69) is 10.5 Å². The van der Waals surface area contributed by atoms with Crippen LogP contribution in [0.15, 0.2) is 53.6 Å². The van der Waals surface area contributed by atoms with Gasteiger partial charge in [-0.05, 0) is 55.8 Å². The number of hydrazone groups is 1. The van der Waals surface area contributed by atoms with Crippen LogP contribution in [0, 0.1) is 13.8 Å². The zero-order valence-electron chi connectivity index (χ0n) is 16.5. The highest BCUT2D eigenvalue weighted by Gasteiger charge is 2.12. The summed E-state index contributed by atoms with van der Waals surface area (Å²) in [6.07, 6.45) is 1.64. The molecule has 0 aliphatic carbocycles. The molecule has 0 unspecified atom stereocenters. The molecule has 0 saturated heterocycles. The van der Waals surface area contributed by atoms with Gasteiger partial charge in [0.15, 0.2) is 0 Å². The summed E-state index contributed by atoms with van der Waals surface area (Å²) in [5.74, 6) is 0.899. The normalized spacial score (nSPS) is 11.2. The molecule has 3 rings (SSSR count). The fourth-order valence-electron chi connectivity index (χ4n) is 3.00. The van der Waals surface area contributed by atoms with Crippen molar-refractivity contribution in [2.75, 3.05) is 5.75 Å². The molecule has 0 fully saturated rings. The maximum atomic E-state index is 12.0. The number of carbonyl (C=O) groups excluding carboxylic acids is 1. The topological polar surface area (TPSA) is 46.4 Å². The third-order valence-electron chi connectivity index (χ3n) is 4.43. The van der Waals surface area contributed by atoms with Gasteiger partial charge in [-0.15, -0.1) is 11.8 Å². The van der Waals surface area contributed by atoms with Gasteiger partial charge < -0.3 is 4.57 Å². The highest BCUT2D eigenvalue weighted by molar-refractivity contribution is 7.99. The number of benzene rings is 2. The lowest BCUT2D eigenvalue weighted by atomic mass is 10.2. The predicted molar refractivity (Wildman–Crippen MR) is 129 cm³/mol. The van der Waals surface area contributed by atoms with Crippen molar-refractivity contribution in [1.82, 2.24) is 9.99 Å². The summed E-state index contributed by atoms with van der Waals surface area (Å²) in [6, 6.07) is 15.0.